The number of hydrogen-bond acceptors (Lipinski definition) is 1. The molecule has 3 aromatic rings. The Bertz CT molecular complexity index is 1020. The molecular weight excluding hydrogens is 388 g/mol. The lowest BCUT2D eigenvalue weighted by Crippen LogP contribution is -2.13. The fourth-order valence-corrected chi connectivity index (χ4v) is 4.83. The predicted molar refractivity (Wildman–Crippen MR) is 135 cm³/mol. The van der Waals surface area contributed by atoms with Crippen LogP contribution in [0.1, 0.15) is 75.0 Å². The first-order valence-corrected chi connectivity index (χ1v) is 12.2. The molecule has 0 spiro atoms. The van der Waals surface area contributed by atoms with Gasteiger partial charge in [-0.3, -0.25) is 0 Å². The summed E-state index contributed by atoms with van der Waals surface area (Å²) in [7, 11) is 0. The maximum Gasteiger partial charge on any atom is 0.119 e. The summed E-state index contributed by atoms with van der Waals surface area (Å²) >= 11 is 0. The highest BCUT2D eigenvalue weighted by molar-refractivity contribution is 5.65. The summed E-state index contributed by atoms with van der Waals surface area (Å²) in [6.07, 6.45) is 8.21. The summed E-state index contributed by atoms with van der Waals surface area (Å²) in [5, 5.41) is 0. The number of hydrogen-bond donors (Lipinski definition) is 0. The van der Waals surface area contributed by atoms with Gasteiger partial charge in [0, 0.05) is 11.1 Å². The van der Waals surface area contributed by atoms with Gasteiger partial charge in [0.15, 0.2) is 0 Å². The second-order valence-electron chi connectivity index (χ2n) is 8.91. The van der Waals surface area contributed by atoms with E-state index < -0.39 is 0 Å². The first-order valence-electron chi connectivity index (χ1n) is 12.2. The Morgan fingerprint density at radius 2 is 1.22 bits per heavy atom. The van der Waals surface area contributed by atoms with Crippen LogP contribution in [-0.2, 0) is 0 Å². The average Bonchev–Trinajstić information content (AvgIpc) is 2.85. The zero-order valence-corrected chi connectivity index (χ0v) is 19.4. The van der Waals surface area contributed by atoms with Crippen molar-refractivity contribution in [1.82, 2.24) is 0 Å². The smallest absolute Gasteiger partial charge is 0.119 e. The molecule has 0 unspecified atom stereocenters. The minimum absolute atomic E-state index is 0.690. The van der Waals surface area contributed by atoms with Gasteiger partial charge < -0.3 is 4.74 Å². The van der Waals surface area contributed by atoms with Gasteiger partial charge in [0.25, 0.3) is 0 Å². The number of ether oxygens (including phenoxy) is 1. The molecule has 0 N–H and O–H groups in total. The van der Waals surface area contributed by atoms with Crippen molar-refractivity contribution < 1.29 is 4.74 Å². The van der Waals surface area contributed by atoms with Crippen molar-refractivity contribution in [2.24, 2.45) is 5.92 Å². The zero-order chi connectivity index (χ0) is 22.2. The Morgan fingerprint density at radius 3 is 1.75 bits per heavy atom. The van der Waals surface area contributed by atoms with Gasteiger partial charge in [0.2, 0.25) is 0 Å². The van der Waals surface area contributed by atoms with Gasteiger partial charge in [-0.15, -0.1) is 0 Å². The van der Waals surface area contributed by atoms with Crippen molar-refractivity contribution in [3.8, 4) is 28.7 Å². The Hall–Kier alpha value is -2.98. The van der Waals surface area contributed by atoms with Crippen molar-refractivity contribution in [1.29, 1.82) is 0 Å². The summed E-state index contributed by atoms with van der Waals surface area (Å²) in [5.74, 6) is 9.25. The highest BCUT2D eigenvalue weighted by Gasteiger charge is 2.21. The summed E-state index contributed by atoms with van der Waals surface area (Å²) in [6, 6.07) is 25.7. The zero-order valence-electron chi connectivity index (χ0n) is 19.4. The fraction of sp³-hybridized carbons (Fsp3) is 0.355. The third-order valence-electron chi connectivity index (χ3n) is 6.66. The van der Waals surface area contributed by atoms with Crippen molar-refractivity contribution in [2.45, 2.75) is 58.3 Å². The van der Waals surface area contributed by atoms with E-state index >= 15 is 0 Å². The second kappa shape index (κ2) is 11.1. The van der Waals surface area contributed by atoms with Crippen molar-refractivity contribution >= 4 is 0 Å². The minimum Gasteiger partial charge on any atom is -0.494 e. The van der Waals surface area contributed by atoms with Crippen LogP contribution in [0.4, 0.5) is 0 Å². The fourth-order valence-electron chi connectivity index (χ4n) is 4.83. The molecule has 1 aliphatic rings. The number of benzene rings is 3. The Morgan fingerprint density at radius 1 is 0.688 bits per heavy atom. The molecule has 164 valence electrons. The molecule has 0 radical (unpaired) electrons. The lowest BCUT2D eigenvalue weighted by molar-refractivity contribution is 0.308. The molecule has 1 fully saturated rings. The van der Waals surface area contributed by atoms with E-state index in [1.54, 1.807) is 0 Å². The molecule has 0 amide bonds. The predicted octanol–water partition coefficient (Wildman–Crippen LogP) is 8.23. The van der Waals surface area contributed by atoms with Crippen LogP contribution in [0.3, 0.4) is 0 Å². The Balaban J connectivity index is 1.36. The quantitative estimate of drug-likeness (QED) is 0.364. The molecule has 4 rings (SSSR count). The van der Waals surface area contributed by atoms with Crippen LogP contribution < -0.4 is 4.74 Å². The van der Waals surface area contributed by atoms with E-state index in [4.69, 9.17) is 4.74 Å². The van der Waals surface area contributed by atoms with E-state index in [1.165, 1.54) is 55.2 Å². The molecule has 1 nitrogen and oxygen atoms in total. The molecule has 0 atom stereocenters. The van der Waals surface area contributed by atoms with Gasteiger partial charge in [-0.05, 0) is 97.5 Å². The van der Waals surface area contributed by atoms with E-state index in [2.05, 4.69) is 79.4 Å². The van der Waals surface area contributed by atoms with E-state index in [0.29, 0.717) is 6.61 Å². The molecule has 1 aliphatic carbocycles. The van der Waals surface area contributed by atoms with E-state index in [-0.39, 0.29) is 0 Å². The van der Waals surface area contributed by atoms with Crippen LogP contribution in [-0.4, -0.2) is 6.61 Å². The van der Waals surface area contributed by atoms with Crippen LogP contribution >= 0.6 is 0 Å². The molecule has 0 aromatic heterocycles. The highest BCUT2D eigenvalue weighted by Crippen LogP contribution is 2.37. The molecule has 0 bridgehead atoms. The largest absolute Gasteiger partial charge is 0.494 e. The third kappa shape index (κ3) is 5.83. The SMILES string of the molecule is CCCC1CCC(c2ccc(C#Cc3ccc(-c4ccc(OCC)cc4)cc3)cc2)CC1. The maximum absolute atomic E-state index is 5.53. The first-order chi connectivity index (χ1) is 15.7. The third-order valence-corrected chi connectivity index (χ3v) is 6.66. The molecule has 0 saturated heterocycles. The summed E-state index contributed by atoms with van der Waals surface area (Å²) in [5.41, 5.74) is 6.00. The molecule has 32 heavy (non-hydrogen) atoms. The van der Waals surface area contributed by atoms with Crippen LogP contribution in [0.25, 0.3) is 11.1 Å². The van der Waals surface area contributed by atoms with Gasteiger partial charge in [-0.1, -0.05) is 68.0 Å². The maximum atomic E-state index is 5.53. The van der Waals surface area contributed by atoms with Crippen molar-refractivity contribution in [3.05, 3.63) is 89.5 Å². The normalized spacial score (nSPS) is 17.9. The van der Waals surface area contributed by atoms with Crippen molar-refractivity contribution in [3.63, 3.8) is 0 Å². The van der Waals surface area contributed by atoms with E-state index in [1.807, 2.05) is 19.1 Å². The highest BCUT2D eigenvalue weighted by atomic mass is 16.5. The lowest BCUT2D eigenvalue weighted by Gasteiger charge is -2.28. The molecular formula is C31H34O. The van der Waals surface area contributed by atoms with E-state index in [0.717, 1.165) is 28.7 Å². The van der Waals surface area contributed by atoms with E-state index in [9.17, 15) is 0 Å². The summed E-state index contributed by atoms with van der Waals surface area (Å²) in [4.78, 5) is 0. The van der Waals surface area contributed by atoms with Crippen molar-refractivity contribution in [2.75, 3.05) is 6.61 Å². The van der Waals surface area contributed by atoms with Gasteiger partial charge in [-0.25, -0.2) is 0 Å². The molecule has 0 heterocycles. The molecule has 1 saturated carbocycles. The summed E-state index contributed by atoms with van der Waals surface area (Å²) < 4.78 is 5.53. The van der Waals surface area contributed by atoms with Crippen LogP contribution in [0.2, 0.25) is 0 Å². The van der Waals surface area contributed by atoms with Gasteiger partial charge in [0.05, 0.1) is 6.61 Å². The Labute approximate surface area is 193 Å². The molecule has 1 heteroatoms. The lowest BCUT2D eigenvalue weighted by atomic mass is 9.77. The monoisotopic (exact) mass is 422 g/mol. The summed E-state index contributed by atoms with van der Waals surface area (Å²) in [6.45, 7) is 5.00. The van der Waals surface area contributed by atoms with Gasteiger partial charge >= 0.3 is 0 Å². The van der Waals surface area contributed by atoms with Gasteiger partial charge in [-0.2, -0.15) is 0 Å². The minimum atomic E-state index is 0.690. The van der Waals surface area contributed by atoms with Crippen LogP contribution in [0.5, 0.6) is 5.75 Å². The second-order valence-corrected chi connectivity index (χ2v) is 8.91. The molecule has 0 aliphatic heterocycles. The van der Waals surface area contributed by atoms with Crippen LogP contribution in [0.15, 0.2) is 72.8 Å². The standard InChI is InChI=1S/C31H34O/c1-3-5-24-8-14-27(15-9-24)28-16-10-25(11-17-28)6-7-26-12-18-29(19-13-26)30-20-22-31(23-21-30)32-4-2/h10-13,16-24,27H,3-5,8-9,14-15H2,1-2H3. The first kappa shape index (κ1) is 22.2. The average molecular weight is 423 g/mol. The number of rotatable bonds is 6. The van der Waals surface area contributed by atoms with Gasteiger partial charge in [0.1, 0.15) is 5.75 Å². The van der Waals surface area contributed by atoms with Crippen LogP contribution in [0, 0.1) is 17.8 Å². The topological polar surface area (TPSA) is 9.23 Å². The Kier molecular flexibility index (Phi) is 7.68. The molecule has 3 aromatic carbocycles.